The molecule has 1 amide bonds. The summed E-state index contributed by atoms with van der Waals surface area (Å²) in [6, 6.07) is 6.01. The minimum atomic E-state index is -1.02. The van der Waals surface area contributed by atoms with Crippen LogP contribution < -0.4 is 10.1 Å². The second kappa shape index (κ2) is 13.6. The summed E-state index contributed by atoms with van der Waals surface area (Å²) in [5, 5.41) is 2.59. The van der Waals surface area contributed by atoms with E-state index in [0.717, 1.165) is 5.56 Å². The summed E-state index contributed by atoms with van der Waals surface area (Å²) < 4.78 is 34.1. The molecule has 1 aromatic carbocycles. The Morgan fingerprint density at radius 2 is 1.30 bits per heavy atom. The third kappa shape index (κ3) is 14.5. The van der Waals surface area contributed by atoms with Gasteiger partial charge in [0.1, 0.15) is 41.9 Å². The largest absolute Gasteiger partial charge is 0.491 e. The quantitative estimate of drug-likeness (QED) is 0.299. The van der Waals surface area contributed by atoms with Crippen molar-refractivity contribution in [1.82, 2.24) is 5.32 Å². The van der Waals surface area contributed by atoms with Crippen LogP contribution in [0.2, 0.25) is 0 Å². The average molecular weight is 525 g/mol. The summed E-state index contributed by atoms with van der Waals surface area (Å²) in [6.45, 7) is 15.1. The lowest BCUT2D eigenvalue weighted by atomic mass is 9.92. The Bertz CT molecular complexity index is 880. The van der Waals surface area contributed by atoms with E-state index in [1.165, 1.54) is 0 Å². The highest BCUT2D eigenvalue weighted by Gasteiger charge is 2.32. The molecule has 0 aliphatic rings. The minimum Gasteiger partial charge on any atom is -0.491 e. The molecule has 0 radical (unpaired) electrons. The fourth-order valence-corrected chi connectivity index (χ4v) is 3.29. The maximum atomic E-state index is 13.1. The summed E-state index contributed by atoms with van der Waals surface area (Å²) in [5.41, 5.74) is -1.36. The molecule has 1 N–H and O–H groups in total. The van der Waals surface area contributed by atoms with Gasteiger partial charge in [-0.25, -0.2) is 14.0 Å². The summed E-state index contributed by atoms with van der Waals surface area (Å²) in [6.07, 6.45) is -0.0305. The van der Waals surface area contributed by atoms with Crippen molar-refractivity contribution in [2.75, 3.05) is 13.3 Å². The first kappa shape index (κ1) is 32.2. The van der Waals surface area contributed by atoms with E-state index in [2.05, 4.69) is 5.32 Å². The summed E-state index contributed by atoms with van der Waals surface area (Å²) in [5.74, 6) is -1.09. The number of nitrogens with one attached hydrogen (secondary N) is 1. The van der Waals surface area contributed by atoms with Crippen molar-refractivity contribution in [3.05, 3.63) is 29.8 Å². The molecule has 0 aliphatic heterocycles. The zero-order valence-electron chi connectivity index (χ0n) is 23.7. The van der Waals surface area contributed by atoms with E-state index in [-0.39, 0.29) is 19.4 Å². The third-order valence-electron chi connectivity index (χ3n) is 4.68. The van der Waals surface area contributed by atoms with Gasteiger partial charge in [-0.3, -0.25) is 4.79 Å². The maximum Gasteiger partial charge on any atom is 0.408 e. The Kier molecular flexibility index (Phi) is 11.9. The fourth-order valence-electron chi connectivity index (χ4n) is 3.29. The molecule has 0 bridgehead atoms. The van der Waals surface area contributed by atoms with E-state index in [0.29, 0.717) is 12.2 Å². The van der Waals surface area contributed by atoms with E-state index >= 15 is 0 Å². The van der Waals surface area contributed by atoms with Gasteiger partial charge in [0.25, 0.3) is 0 Å². The van der Waals surface area contributed by atoms with Gasteiger partial charge in [0, 0.05) is 0 Å². The van der Waals surface area contributed by atoms with Gasteiger partial charge >= 0.3 is 18.0 Å². The number of amides is 1. The highest BCUT2D eigenvalue weighted by Crippen LogP contribution is 2.23. The molecule has 0 saturated heterocycles. The van der Waals surface area contributed by atoms with Crippen molar-refractivity contribution in [2.24, 2.45) is 5.92 Å². The molecule has 210 valence electrons. The monoisotopic (exact) mass is 524 g/mol. The summed E-state index contributed by atoms with van der Waals surface area (Å²) in [4.78, 5) is 38.4. The first-order chi connectivity index (χ1) is 16.9. The molecule has 37 heavy (non-hydrogen) atoms. The van der Waals surface area contributed by atoms with Crippen molar-refractivity contribution in [1.29, 1.82) is 0 Å². The number of halogens is 1. The molecule has 8 nitrogen and oxygen atoms in total. The van der Waals surface area contributed by atoms with Crippen molar-refractivity contribution in [3.63, 3.8) is 0 Å². The smallest absolute Gasteiger partial charge is 0.408 e. The standard InChI is InChI=1S/C28H44FNO7/c1-26(2,3)35-23(31)20(18-19-10-13-21(14-11-19)34-17-16-29)12-15-22(24(32)36-27(4,5)6)30-25(33)37-28(7,8)9/h10-11,13-14,20,22H,12,15-18H2,1-9H3,(H,30,33)/i29-1. The first-order valence-corrected chi connectivity index (χ1v) is 12.6. The number of rotatable bonds is 11. The average Bonchev–Trinajstić information content (AvgIpc) is 2.71. The van der Waals surface area contributed by atoms with Crippen LogP contribution in [0.15, 0.2) is 24.3 Å². The van der Waals surface area contributed by atoms with Crippen LogP contribution in [0.1, 0.15) is 80.7 Å². The maximum absolute atomic E-state index is 13.1. The normalized spacial score (nSPS) is 13.8. The molecular formula is C28H44FNO7. The van der Waals surface area contributed by atoms with Crippen LogP contribution in [0.5, 0.6) is 5.75 Å². The SMILES string of the molecule is CC(C)(C)OC(=O)NC(CCC(Cc1ccc(OCC[18F])cc1)C(=O)OC(C)(C)C)C(=O)OC(C)(C)C. The Morgan fingerprint density at radius 1 is 0.784 bits per heavy atom. The minimum absolute atomic E-state index is 0.0312. The molecule has 2 atom stereocenters. The van der Waals surface area contributed by atoms with Crippen LogP contribution in [0, 0.1) is 5.92 Å². The predicted molar refractivity (Wildman–Crippen MR) is 139 cm³/mol. The molecule has 0 fully saturated rings. The second-order valence-corrected chi connectivity index (χ2v) is 11.9. The van der Waals surface area contributed by atoms with Crippen LogP contribution in [-0.2, 0) is 30.2 Å². The van der Waals surface area contributed by atoms with Crippen molar-refractivity contribution >= 4 is 18.0 Å². The highest BCUT2D eigenvalue weighted by atomic mass is 18.2. The van der Waals surface area contributed by atoms with E-state index < -0.39 is 53.5 Å². The lowest BCUT2D eigenvalue weighted by molar-refractivity contribution is -0.162. The summed E-state index contributed by atoms with van der Waals surface area (Å²) >= 11 is 0. The molecule has 1 rings (SSSR count). The molecule has 0 spiro atoms. The van der Waals surface area contributed by atoms with Gasteiger partial charge in [-0.1, -0.05) is 12.1 Å². The Balaban J connectivity index is 3.08. The first-order valence-electron chi connectivity index (χ1n) is 12.6. The van der Waals surface area contributed by atoms with Crippen molar-refractivity contribution < 1.29 is 37.7 Å². The number of hydrogen-bond acceptors (Lipinski definition) is 7. The van der Waals surface area contributed by atoms with E-state index in [1.54, 1.807) is 86.6 Å². The van der Waals surface area contributed by atoms with Crippen molar-refractivity contribution in [2.45, 2.75) is 104 Å². The Morgan fingerprint density at radius 3 is 1.78 bits per heavy atom. The van der Waals surface area contributed by atoms with E-state index in [4.69, 9.17) is 18.9 Å². The Hall–Kier alpha value is -2.84. The number of carbonyl (C=O) groups excluding carboxylic acids is 3. The van der Waals surface area contributed by atoms with Gasteiger partial charge in [0.2, 0.25) is 0 Å². The van der Waals surface area contributed by atoms with Gasteiger partial charge in [-0.05, 0) is 99.3 Å². The molecule has 1 aromatic rings. The zero-order valence-corrected chi connectivity index (χ0v) is 23.7. The van der Waals surface area contributed by atoms with Gasteiger partial charge in [0.05, 0.1) is 5.92 Å². The Labute approximate surface area is 220 Å². The van der Waals surface area contributed by atoms with Gasteiger partial charge < -0.3 is 24.3 Å². The van der Waals surface area contributed by atoms with Gasteiger partial charge in [-0.2, -0.15) is 0 Å². The predicted octanol–water partition coefficient (Wildman–Crippen LogP) is 5.55. The van der Waals surface area contributed by atoms with Crippen LogP contribution in [0.25, 0.3) is 0 Å². The number of alkyl carbamates (subject to hydrolysis) is 1. The van der Waals surface area contributed by atoms with E-state index in [9.17, 15) is 18.8 Å². The van der Waals surface area contributed by atoms with Gasteiger partial charge in [-0.15, -0.1) is 0 Å². The number of esters is 2. The second-order valence-electron chi connectivity index (χ2n) is 11.9. The molecule has 0 saturated carbocycles. The lowest BCUT2D eigenvalue weighted by Crippen LogP contribution is -2.46. The van der Waals surface area contributed by atoms with Gasteiger partial charge in [0.15, 0.2) is 0 Å². The molecule has 0 aliphatic carbocycles. The topological polar surface area (TPSA) is 100 Å². The number of benzene rings is 1. The van der Waals surface area contributed by atoms with Crippen LogP contribution in [0.4, 0.5) is 9.18 Å². The summed E-state index contributed by atoms with van der Waals surface area (Å²) in [7, 11) is 0. The third-order valence-corrected chi connectivity index (χ3v) is 4.68. The molecule has 0 aromatic heterocycles. The lowest BCUT2D eigenvalue weighted by Gasteiger charge is -2.28. The molecule has 9 heteroatoms. The number of hydrogen-bond donors (Lipinski definition) is 1. The van der Waals surface area contributed by atoms with Crippen LogP contribution in [0.3, 0.4) is 0 Å². The molecule has 2 unspecified atom stereocenters. The van der Waals surface area contributed by atoms with Crippen LogP contribution >= 0.6 is 0 Å². The van der Waals surface area contributed by atoms with Crippen LogP contribution in [-0.4, -0.2) is 54.2 Å². The molecular weight excluding hydrogens is 480 g/mol. The highest BCUT2D eigenvalue weighted by molar-refractivity contribution is 5.82. The van der Waals surface area contributed by atoms with Crippen molar-refractivity contribution in [3.8, 4) is 5.75 Å². The number of carbonyl (C=O) groups is 3. The number of ether oxygens (including phenoxy) is 4. The van der Waals surface area contributed by atoms with E-state index in [1.807, 2.05) is 0 Å². The zero-order chi connectivity index (χ0) is 28.4. The number of alkyl halides is 1. The fraction of sp³-hybridized carbons (Fsp3) is 0.679. The molecule has 0 heterocycles.